The van der Waals surface area contributed by atoms with Gasteiger partial charge in [0.2, 0.25) is 0 Å². The fourth-order valence-corrected chi connectivity index (χ4v) is 3.97. The average Bonchev–Trinajstić information content (AvgIpc) is 2.87. The molecule has 0 amide bonds. The van der Waals surface area contributed by atoms with Crippen molar-refractivity contribution in [2.24, 2.45) is 5.73 Å². The minimum atomic E-state index is -0.480. The van der Waals surface area contributed by atoms with Gasteiger partial charge in [0.05, 0.1) is 23.8 Å². The second kappa shape index (κ2) is 12.0. The summed E-state index contributed by atoms with van der Waals surface area (Å²) in [5, 5.41) is 4.09. The lowest BCUT2D eigenvalue weighted by Crippen LogP contribution is -2.38. The van der Waals surface area contributed by atoms with Gasteiger partial charge in [-0.1, -0.05) is 24.6 Å². The van der Waals surface area contributed by atoms with Gasteiger partial charge in [0, 0.05) is 30.7 Å². The largest absolute Gasteiger partial charge is 0.492 e. The Bertz CT molecular complexity index is 1230. The Labute approximate surface area is 209 Å². The van der Waals surface area contributed by atoms with Crippen molar-refractivity contribution in [3.63, 3.8) is 0 Å². The van der Waals surface area contributed by atoms with Crippen LogP contribution in [0.15, 0.2) is 54.8 Å². The summed E-state index contributed by atoms with van der Waals surface area (Å²) in [4.78, 5) is 11.9. The van der Waals surface area contributed by atoms with Crippen LogP contribution in [0.2, 0.25) is 5.02 Å². The van der Waals surface area contributed by atoms with Crippen molar-refractivity contribution >= 4 is 39.6 Å². The molecule has 1 fully saturated rings. The van der Waals surface area contributed by atoms with Crippen LogP contribution in [-0.2, 0) is 4.74 Å². The normalized spacial score (nSPS) is 15.1. The Hall–Kier alpha value is -3.20. The first-order valence-electron chi connectivity index (χ1n) is 11.6. The fourth-order valence-electron chi connectivity index (χ4n) is 3.79. The van der Waals surface area contributed by atoms with Crippen LogP contribution in [0.1, 0.15) is 19.2 Å². The first kappa shape index (κ1) is 24.9. The standard InChI is InChI=1S/C26H29ClFN5O2/c1-2-18(4-3-9-29)25-31-24-8-6-20(35-15-12-33-10-13-34-14-11-33)17-21(24)26(32-25)30-19-5-7-23(28)22(27)16-19/h3-9,16-17H,2,10-15,29H2,1H3,(H,30,31,32)/b9-3-,18-4+. The molecule has 0 unspecified atom stereocenters. The van der Waals surface area contributed by atoms with Crippen molar-refractivity contribution in [1.82, 2.24) is 14.9 Å². The molecular formula is C26H29ClFN5O2. The summed E-state index contributed by atoms with van der Waals surface area (Å²) in [7, 11) is 0. The van der Waals surface area contributed by atoms with E-state index in [1.54, 1.807) is 12.1 Å². The predicted molar refractivity (Wildman–Crippen MR) is 139 cm³/mol. The molecule has 2 aromatic carbocycles. The zero-order chi connectivity index (χ0) is 24.6. The van der Waals surface area contributed by atoms with Crippen LogP contribution >= 0.6 is 11.6 Å². The van der Waals surface area contributed by atoms with Crippen LogP contribution < -0.4 is 15.8 Å². The summed E-state index contributed by atoms with van der Waals surface area (Å²) < 4.78 is 25.1. The van der Waals surface area contributed by atoms with Crippen LogP contribution in [0, 0.1) is 5.82 Å². The molecule has 3 aromatic rings. The van der Waals surface area contributed by atoms with Gasteiger partial charge in [0.15, 0.2) is 5.82 Å². The Kier molecular flexibility index (Phi) is 8.52. The van der Waals surface area contributed by atoms with Gasteiger partial charge >= 0.3 is 0 Å². The number of morpholine rings is 1. The summed E-state index contributed by atoms with van der Waals surface area (Å²) in [5.74, 6) is 1.39. The average molecular weight is 498 g/mol. The molecule has 7 nitrogen and oxygen atoms in total. The molecule has 1 aliphatic heterocycles. The summed E-state index contributed by atoms with van der Waals surface area (Å²) in [6.45, 7) is 6.77. The van der Waals surface area contributed by atoms with E-state index < -0.39 is 5.82 Å². The van der Waals surface area contributed by atoms with Crippen LogP contribution in [0.3, 0.4) is 0 Å². The molecule has 9 heteroatoms. The molecule has 0 spiro atoms. The number of nitrogens with zero attached hydrogens (tertiary/aromatic N) is 3. The van der Waals surface area contributed by atoms with E-state index in [9.17, 15) is 4.39 Å². The SMILES string of the molecule is CC/C(=C\C=C/N)c1nc(Nc2ccc(F)c(Cl)c2)c2cc(OCCN3CCOCC3)ccc2n1. The topological polar surface area (TPSA) is 85.5 Å². The summed E-state index contributed by atoms with van der Waals surface area (Å²) in [5.41, 5.74) is 7.82. The maximum absolute atomic E-state index is 13.7. The fraction of sp³-hybridized carbons (Fsp3) is 0.308. The van der Waals surface area contributed by atoms with E-state index in [4.69, 9.17) is 36.8 Å². The van der Waals surface area contributed by atoms with Crippen LogP contribution in [0.5, 0.6) is 5.75 Å². The number of rotatable bonds is 9. The molecule has 1 saturated heterocycles. The number of halogens is 2. The molecular weight excluding hydrogens is 469 g/mol. The van der Waals surface area contributed by atoms with E-state index in [1.807, 2.05) is 31.2 Å². The zero-order valence-corrected chi connectivity index (χ0v) is 20.4. The molecule has 0 radical (unpaired) electrons. The molecule has 0 aliphatic carbocycles. The van der Waals surface area contributed by atoms with Gasteiger partial charge in [-0.2, -0.15) is 0 Å². The van der Waals surface area contributed by atoms with E-state index in [-0.39, 0.29) is 5.02 Å². The smallest absolute Gasteiger partial charge is 0.158 e. The van der Waals surface area contributed by atoms with E-state index >= 15 is 0 Å². The summed E-state index contributed by atoms with van der Waals surface area (Å²) in [6, 6.07) is 10.2. The maximum atomic E-state index is 13.7. The molecule has 0 bridgehead atoms. The predicted octanol–water partition coefficient (Wildman–Crippen LogP) is 5.14. The first-order valence-corrected chi connectivity index (χ1v) is 12.0. The third-order valence-corrected chi connectivity index (χ3v) is 6.00. The van der Waals surface area contributed by atoms with E-state index in [1.165, 1.54) is 18.3 Å². The van der Waals surface area contributed by atoms with Gasteiger partial charge in [0.25, 0.3) is 0 Å². The van der Waals surface area contributed by atoms with Gasteiger partial charge in [-0.15, -0.1) is 0 Å². The van der Waals surface area contributed by atoms with Crippen molar-refractivity contribution in [2.45, 2.75) is 13.3 Å². The molecule has 184 valence electrons. The van der Waals surface area contributed by atoms with Crippen molar-refractivity contribution in [3.8, 4) is 5.75 Å². The number of ether oxygens (including phenoxy) is 2. The number of aromatic nitrogens is 2. The lowest BCUT2D eigenvalue weighted by molar-refractivity contribution is 0.0322. The molecule has 0 saturated carbocycles. The highest BCUT2D eigenvalue weighted by Gasteiger charge is 2.14. The molecule has 4 rings (SSSR count). The van der Waals surface area contributed by atoms with Crippen LogP contribution in [0.25, 0.3) is 16.5 Å². The van der Waals surface area contributed by atoms with Gasteiger partial charge < -0.3 is 20.5 Å². The Morgan fingerprint density at radius 3 is 2.80 bits per heavy atom. The quantitative estimate of drug-likeness (QED) is 0.396. The van der Waals surface area contributed by atoms with Crippen LogP contribution in [0.4, 0.5) is 15.9 Å². The Morgan fingerprint density at radius 1 is 1.23 bits per heavy atom. The molecule has 35 heavy (non-hydrogen) atoms. The number of nitrogens with one attached hydrogen (secondary N) is 1. The number of hydrogen-bond acceptors (Lipinski definition) is 7. The van der Waals surface area contributed by atoms with Crippen molar-refractivity contribution < 1.29 is 13.9 Å². The minimum Gasteiger partial charge on any atom is -0.492 e. The number of nitrogens with two attached hydrogens (primary N) is 1. The molecule has 2 heterocycles. The third-order valence-electron chi connectivity index (χ3n) is 5.71. The number of hydrogen-bond donors (Lipinski definition) is 2. The van der Waals surface area contributed by atoms with Gasteiger partial charge in [-0.05, 0) is 60.7 Å². The van der Waals surface area contributed by atoms with Crippen molar-refractivity contribution in [1.29, 1.82) is 0 Å². The van der Waals surface area contributed by atoms with Crippen molar-refractivity contribution in [3.05, 3.63) is 71.4 Å². The lowest BCUT2D eigenvalue weighted by atomic mass is 10.1. The summed E-state index contributed by atoms with van der Waals surface area (Å²) in [6.07, 6.45) is 5.84. The first-order chi connectivity index (χ1) is 17.1. The maximum Gasteiger partial charge on any atom is 0.158 e. The monoisotopic (exact) mass is 497 g/mol. The van der Waals surface area contributed by atoms with Crippen LogP contribution in [-0.4, -0.2) is 54.3 Å². The number of allylic oxidation sites excluding steroid dienone is 3. The zero-order valence-electron chi connectivity index (χ0n) is 19.6. The van der Waals surface area contributed by atoms with Crippen molar-refractivity contribution in [2.75, 3.05) is 44.8 Å². The lowest BCUT2D eigenvalue weighted by Gasteiger charge is -2.26. The molecule has 0 atom stereocenters. The molecule has 1 aromatic heterocycles. The van der Waals surface area contributed by atoms with Gasteiger partial charge in [-0.3, -0.25) is 4.90 Å². The second-order valence-corrected chi connectivity index (χ2v) is 8.47. The van der Waals surface area contributed by atoms with Gasteiger partial charge in [-0.25, -0.2) is 14.4 Å². The summed E-state index contributed by atoms with van der Waals surface area (Å²) >= 11 is 6.00. The highest BCUT2D eigenvalue weighted by Crippen LogP contribution is 2.31. The van der Waals surface area contributed by atoms with E-state index in [0.29, 0.717) is 23.9 Å². The number of benzene rings is 2. The molecule has 1 aliphatic rings. The highest BCUT2D eigenvalue weighted by atomic mass is 35.5. The Morgan fingerprint density at radius 2 is 2.06 bits per heavy atom. The number of anilines is 2. The minimum absolute atomic E-state index is 0.0305. The highest BCUT2D eigenvalue weighted by molar-refractivity contribution is 6.31. The van der Waals surface area contributed by atoms with Gasteiger partial charge in [0.1, 0.15) is 24.0 Å². The number of fused-ring (bicyclic) bond motifs is 1. The second-order valence-electron chi connectivity index (χ2n) is 8.06. The molecule has 3 N–H and O–H groups in total. The Balaban J connectivity index is 1.66. The van der Waals surface area contributed by atoms with E-state index in [2.05, 4.69) is 10.2 Å². The third kappa shape index (κ3) is 6.48. The van der Waals surface area contributed by atoms with E-state index in [0.717, 1.165) is 61.5 Å².